The third-order valence-electron chi connectivity index (χ3n) is 7.21. The van der Waals surface area contributed by atoms with Crippen molar-refractivity contribution in [3.63, 3.8) is 0 Å². The Hall–Kier alpha value is -2.19. The summed E-state index contributed by atoms with van der Waals surface area (Å²) in [6.45, 7) is 4.56. The van der Waals surface area contributed by atoms with Crippen molar-refractivity contribution >= 4 is 17.8 Å². The number of aliphatic hydroxyl groups excluding tert-OH is 1. The van der Waals surface area contributed by atoms with E-state index in [0.29, 0.717) is 13.2 Å². The van der Waals surface area contributed by atoms with Crippen molar-refractivity contribution in [2.45, 2.75) is 69.7 Å². The number of carbonyl (C=O) groups excluding carboxylic acids is 3. The van der Waals surface area contributed by atoms with Gasteiger partial charge in [0.25, 0.3) is 0 Å². The number of carbonyl (C=O) groups is 3. The molecule has 0 saturated carbocycles. The Morgan fingerprint density at radius 1 is 1.22 bits per heavy atom. The van der Waals surface area contributed by atoms with E-state index >= 15 is 0 Å². The number of fused-ring (bicyclic) bond motifs is 2. The van der Waals surface area contributed by atoms with Crippen molar-refractivity contribution in [2.24, 2.45) is 11.8 Å². The molecule has 0 aliphatic carbocycles. The summed E-state index contributed by atoms with van der Waals surface area (Å²) in [5, 5.41) is 9.67. The Morgan fingerprint density at radius 2 is 2.03 bits per heavy atom. The summed E-state index contributed by atoms with van der Waals surface area (Å²) in [5.74, 6) is -2.66. The molecule has 1 spiro atoms. The van der Waals surface area contributed by atoms with Gasteiger partial charge in [0.05, 0.1) is 25.2 Å². The van der Waals surface area contributed by atoms with Crippen LogP contribution < -0.4 is 0 Å². The Bertz CT molecular complexity index is 810. The molecular weight excluding hydrogens is 412 g/mol. The maximum atomic E-state index is 13.8. The third kappa shape index (κ3) is 3.67. The van der Waals surface area contributed by atoms with E-state index in [4.69, 9.17) is 9.47 Å². The van der Waals surface area contributed by atoms with Gasteiger partial charge in [-0.2, -0.15) is 0 Å². The van der Waals surface area contributed by atoms with Gasteiger partial charge in [0.1, 0.15) is 17.6 Å². The van der Waals surface area contributed by atoms with E-state index in [2.05, 4.69) is 6.92 Å². The number of likely N-dealkylation sites (tertiary alicyclic amines) is 1. The van der Waals surface area contributed by atoms with Crippen LogP contribution in [0.5, 0.6) is 0 Å². The highest BCUT2D eigenvalue weighted by atomic mass is 16.6. The highest BCUT2D eigenvalue weighted by molar-refractivity contribution is 5.99. The molecule has 4 rings (SSSR count). The Kier molecular flexibility index (Phi) is 6.72. The van der Waals surface area contributed by atoms with Gasteiger partial charge < -0.3 is 24.4 Å². The predicted octanol–water partition coefficient (Wildman–Crippen LogP) is 1.43. The summed E-state index contributed by atoms with van der Waals surface area (Å²) in [4.78, 5) is 43.8. The number of hydrogen-bond donors (Lipinski definition) is 1. The van der Waals surface area contributed by atoms with Gasteiger partial charge in [-0.1, -0.05) is 37.6 Å². The first-order valence-electron chi connectivity index (χ1n) is 11.9. The average molecular weight is 447 g/mol. The molecule has 0 bridgehead atoms. The van der Waals surface area contributed by atoms with Gasteiger partial charge in [-0.25, -0.2) is 0 Å². The highest BCUT2D eigenvalue weighted by Crippen LogP contribution is 2.53. The quantitative estimate of drug-likeness (QED) is 0.507. The van der Waals surface area contributed by atoms with Crippen molar-refractivity contribution in [1.29, 1.82) is 0 Å². The molecule has 8 nitrogen and oxygen atoms in total. The number of esters is 1. The fourth-order valence-electron chi connectivity index (χ4n) is 5.75. The molecule has 2 fully saturated rings. The van der Waals surface area contributed by atoms with Crippen LogP contribution >= 0.6 is 0 Å². The van der Waals surface area contributed by atoms with Gasteiger partial charge in [-0.05, 0) is 32.6 Å². The van der Waals surface area contributed by atoms with E-state index in [1.807, 2.05) is 31.2 Å². The van der Waals surface area contributed by atoms with Crippen LogP contribution in [-0.4, -0.2) is 82.8 Å². The van der Waals surface area contributed by atoms with E-state index < -0.39 is 35.6 Å². The molecule has 6 atom stereocenters. The number of nitrogens with zero attached hydrogens (tertiary/aromatic N) is 2. The summed E-state index contributed by atoms with van der Waals surface area (Å²) in [7, 11) is 0. The molecule has 2 amide bonds. The highest BCUT2D eigenvalue weighted by Gasteiger charge is 2.71. The van der Waals surface area contributed by atoms with Crippen molar-refractivity contribution in [2.75, 3.05) is 26.3 Å². The van der Waals surface area contributed by atoms with Crippen LogP contribution in [-0.2, 0) is 23.9 Å². The van der Waals surface area contributed by atoms with E-state index in [-0.39, 0.29) is 31.0 Å². The summed E-state index contributed by atoms with van der Waals surface area (Å²) < 4.78 is 12.0. The fraction of sp³-hybridized carbons (Fsp3) is 0.708. The summed E-state index contributed by atoms with van der Waals surface area (Å²) in [6, 6.07) is -0.909. The number of allylic oxidation sites excluding steroid dienone is 1. The second kappa shape index (κ2) is 9.35. The molecule has 0 aromatic rings. The smallest absolute Gasteiger partial charge is 0.312 e. The number of hydrogen-bond acceptors (Lipinski definition) is 6. The third-order valence-corrected chi connectivity index (χ3v) is 7.21. The molecular formula is C24H34N2O6. The van der Waals surface area contributed by atoms with Gasteiger partial charge in [-0.15, -0.1) is 0 Å². The lowest BCUT2D eigenvalue weighted by Crippen LogP contribution is -2.57. The molecule has 0 aromatic heterocycles. The molecule has 4 aliphatic heterocycles. The van der Waals surface area contributed by atoms with Crippen LogP contribution in [0, 0.1) is 11.8 Å². The van der Waals surface area contributed by atoms with Crippen LogP contribution in [0.3, 0.4) is 0 Å². The number of β-amino-alcohol motifs (C(OH)–C–C–N with tert-alkyl or cyclic N) is 1. The first-order valence-corrected chi connectivity index (χ1v) is 11.9. The Balaban J connectivity index is 1.78. The molecule has 2 saturated heterocycles. The van der Waals surface area contributed by atoms with Crippen molar-refractivity contribution < 1.29 is 29.0 Å². The zero-order chi connectivity index (χ0) is 22.9. The van der Waals surface area contributed by atoms with Gasteiger partial charge in [0.2, 0.25) is 11.8 Å². The first-order chi connectivity index (χ1) is 15.5. The molecule has 8 heteroatoms. The molecule has 32 heavy (non-hydrogen) atoms. The van der Waals surface area contributed by atoms with Gasteiger partial charge >= 0.3 is 5.97 Å². The molecule has 0 aromatic carbocycles. The molecule has 0 radical (unpaired) electrons. The maximum Gasteiger partial charge on any atom is 0.312 e. The van der Waals surface area contributed by atoms with E-state index in [9.17, 15) is 19.5 Å². The molecule has 2 unspecified atom stereocenters. The minimum Gasteiger partial charge on any atom is -0.465 e. The van der Waals surface area contributed by atoms with Crippen molar-refractivity contribution in [3.05, 3.63) is 24.3 Å². The Labute approximate surface area is 189 Å². The summed E-state index contributed by atoms with van der Waals surface area (Å²) >= 11 is 0. The largest absolute Gasteiger partial charge is 0.465 e. The number of rotatable bonds is 5. The Morgan fingerprint density at radius 3 is 2.78 bits per heavy atom. The SMILES string of the molecule is CCCC(C)N1CC=C[C@]23O[C@H]4/C=C\CCCCOC(=O)[C@H]4[C@H]2C(=O)N(CCO)C3C1=O. The number of cyclic esters (lactones) is 1. The van der Waals surface area contributed by atoms with E-state index in [0.717, 1.165) is 32.1 Å². The molecule has 1 N–H and O–H groups in total. The van der Waals surface area contributed by atoms with E-state index in [1.165, 1.54) is 4.90 Å². The lowest BCUT2D eigenvalue weighted by Gasteiger charge is -2.37. The zero-order valence-electron chi connectivity index (χ0n) is 18.9. The molecule has 4 heterocycles. The monoisotopic (exact) mass is 446 g/mol. The van der Waals surface area contributed by atoms with Crippen LogP contribution in [0.4, 0.5) is 0 Å². The minimum absolute atomic E-state index is 0.00407. The molecule has 4 aliphatic rings. The average Bonchev–Trinajstić information content (AvgIpc) is 3.14. The van der Waals surface area contributed by atoms with E-state index in [1.54, 1.807) is 4.90 Å². The van der Waals surface area contributed by atoms with Crippen molar-refractivity contribution in [1.82, 2.24) is 9.80 Å². The summed E-state index contributed by atoms with van der Waals surface area (Å²) in [6.07, 6.45) is 11.2. The van der Waals surface area contributed by atoms with Gasteiger partial charge in [-0.3, -0.25) is 14.4 Å². The first kappa shape index (κ1) is 23.0. The second-order valence-electron chi connectivity index (χ2n) is 9.22. The van der Waals surface area contributed by atoms with Crippen LogP contribution in [0.2, 0.25) is 0 Å². The molecule has 176 valence electrons. The van der Waals surface area contributed by atoms with Crippen LogP contribution in [0.15, 0.2) is 24.3 Å². The lowest BCUT2D eigenvalue weighted by atomic mass is 9.78. The topological polar surface area (TPSA) is 96.4 Å². The predicted molar refractivity (Wildman–Crippen MR) is 116 cm³/mol. The maximum absolute atomic E-state index is 13.8. The number of ether oxygens (including phenoxy) is 2. The van der Waals surface area contributed by atoms with Gasteiger partial charge in [0.15, 0.2) is 0 Å². The summed E-state index contributed by atoms with van der Waals surface area (Å²) in [5.41, 5.74) is -1.25. The standard InChI is InChI=1S/C24H34N2O6/c1-3-9-16(2)25-12-8-11-24-19(21(28)26(13-14-27)20(24)22(25)29)18-17(32-24)10-6-4-5-7-15-31-23(18)30/h6,8,10-11,16-20,27H,3-5,7,9,12-15H2,1-2H3/b10-6-/t16?,17-,18+,19-,20?,24-/m0/s1. The normalized spacial score (nSPS) is 36.8. The van der Waals surface area contributed by atoms with Crippen molar-refractivity contribution in [3.8, 4) is 0 Å². The van der Waals surface area contributed by atoms with Crippen LogP contribution in [0.25, 0.3) is 0 Å². The lowest BCUT2D eigenvalue weighted by molar-refractivity contribution is -0.155. The fourth-order valence-corrected chi connectivity index (χ4v) is 5.75. The number of amides is 2. The van der Waals surface area contributed by atoms with Gasteiger partial charge in [0, 0.05) is 19.1 Å². The van der Waals surface area contributed by atoms with Crippen LogP contribution in [0.1, 0.15) is 46.0 Å². The zero-order valence-corrected chi connectivity index (χ0v) is 18.9. The second-order valence-corrected chi connectivity index (χ2v) is 9.22. The minimum atomic E-state index is -1.25. The number of aliphatic hydroxyl groups is 1.